The molecule has 0 radical (unpaired) electrons. The Bertz CT molecular complexity index is 1200. The van der Waals surface area contributed by atoms with E-state index in [0.29, 0.717) is 35.8 Å². The summed E-state index contributed by atoms with van der Waals surface area (Å²) in [6.07, 6.45) is 2.38. The summed E-state index contributed by atoms with van der Waals surface area (Å²) in [5.74, 6) is -0.378. The average molecular weight is 487 g/mol. The fourth-order valence-electron chi connectivity index (χ4n) is 4.32. The number of benzene rings is 2. The molecule has 9 nitrogen and oxygen atoms in total. The van der Waals surface area contributed by atoms with Crippen LogP contribution in [0.4, 0.5) is 5.69 Å². The Morgan fingerprint density at radius 2 is 1.91 bits per heavy atom. The molecule has 2 aromatic carbocycles. The first-order chi connectivity index (χ1) is 16.4. The van der Waals surface area contributed by atoms with Crippen LogP contribution in [-0.2, 0) is 15.5 Å². The van der Waals surface area contributed by atoms with Crippen molar-refractivity contribution in [1.82, 2.24) is 4.90 Å². The zero-order valence-electron chi connectivity index (χ0n) is 18.9. The molecule has 1 atom stereocenters. The van der Waals surface area contributed by atoms with Gasteiger partial charge >= 0.3 is 0 Å². The molecule has 1 heterocycles. The Morgan fingerprint density at radius 1 is 1.15 bits per heavy atom. The lowest BCUT2D eigenvalue weighted by atomic mass is 10.0. The van der Waals surface area contributed by atoms with Gasteiger partial charge in [0.25, 0.3) is 11.8 Å². The number of thiol groups is 1. The molecule has 1 aliphatic carbocycles. The summed E-state index contributed by atoms with van der Waals surface area (Å²) >= 11 is 0. The van der Waals surface area contributed by atoms with Crippen molar-refractivity contribution in [2.24, 2.45) is 0 Å². The van der Waals surface area contributed by atoms with E-state index in [1.807, 2.05) is 6.92 Å². The van der Waals surface area contributed by atoms with E-state index in [0.717, 1.165) is 17.7 Å². The number of ether oxygens (including phenoxy) is 2. The highest BCUT2D eigenvalue weighted by atomic mass is 32.2. The third-order valence-electron chi connectivity index (χ3n) is 6.03. The molecule has 180 valence electrons. The molecule has 1 fully saturated rings. The zero-order chi connectivity index (χ0) is 24.4. The van der Waals surface area contributed by atoms with Gasteiger partial charge in [0, 0.05) is 11.8 Å². The second-order valence-corrected chi connectivity index (χ2v) is 9.24. The van der Waals surface area contributed by atoms with Crippen LogP contribution in [0.2, 0.25) is 0 Å². The molecule has 4 rings (SSSR count). The Balaban J connectivity index is 1.78. The van der Waals surface area contributed by atoms with Crippen LogP contribution in [0.1, 0.15) is 58.5 Å². The third-order valence-corrected chi connectivity index (χ3v) is 6.65. The first kappa shape index (κ1) is 23.7. The molecule has 0 N–H and O–H groups in total. The monoisotopic (exact) mass is 486 g/mol. The fraction of sp³-hybridized carbons (Fsp3) is 0.375. The number of fused-ring (bicyclic) bond motifs is 1. The van der Waals surface area contributed by atoms with Gasteiger partial charge in [-0.15, -0.1) is 0 Å². The van der Waals surface area contributed by atoms with Crippen LogP contribution >= 0.6 is 0 Å². The third kappa shape index (κ3) is 4.37. The summed E-state index contributed by atoms with van der Waals surface area (Å²) in [6.45, 7) is 2.19. The standard InChI is InChI=1S/C24H26N2O7S/c1-3-33-21-13-15(7-10-20(21)32-2)18(11-12-34(30)31)26-23(28)17-5-4-6-19(22(17)24(26)29)25(14-27)16-8-9-16/h4-7,10,13-14,16,18,34H,3,8-9,11-12H2,1-2H3/t18-/m0/s1. The molecule has 10 heteroatoms. The SMILES string of the molecule is CCOc1cc([C@H](CC[SH](=O)=O)N2C(=O)c3cccc(N(C=O)C4CC4)c3C2=O)ccc1OC. The second-order valence-electron chi connectivity index (χ2n) is 8.13. The van der Waals surface area contributed by atoms with E-state index in [9.17, 15) is 22.8 Å². The number of hydrogen-bond acceptors (Lipinski definition) is 7. The molecule has 0 unspecified atom stereocenters. The summed E-state index contributed by atoms with van der Waals surface area (Å²) in [4.78, 5) is 41.4. The van der Waals surface area contributed by atoms with Gasteiger partial charge in [-0.1, -0.05) is 12.1 Å². The maximum Gasteiger partial charge on any atom is 0.264 e. The first-order valence-electron chi connectivity index (χ1n) is 11.1. The maximum absolute atomic E-state index is 13.6. The number of amides is 3. The van der Waals surface area contributed by atoms with Crippen molar-refractivity contribution in [2.45, 2.75) is 38.3 Å². The van der Waals surface area contributed by atoms with Crippen molar-refractivity contribution in [3.05, 3.63) is 53.1 Å². The van der Waals surface area contributed by atoms with E-state index in [1.54, 1.807) is 36.4 Å². The minimum Gasteiger partial charge on any atom is -0.493 e. The average Bonchev–Trinajstić information content (AvgIpc) is 3.63. The largest absolute Gasteiger partial charge is 0.493 e. The molecule has 34 heavy (non-hydrogen) atoms. The highest BCUT2D eigenvalue weighted by Gasteiger charge is 2.44. The summed E-state index contributed by atoms with van der Waals surface area (Å²) in [7, 11) is -1.23. The summed E-state index contributed by atoms with van der Waals surface area (Å²) in [6, 6.07) is 9.04. The van der Waals surface area contributed by atoms with Gasteiger partial charge in [-0.3, -0.25) is 19.3 Å². The molecular formula is C24H26N2O7S. The van der Waals surface area contributed by atoms with Crippen LogP contribution in [0.15, 0.2) is 36.4 Å². The van der Waals surface area contributed by atoms with Crippen LogP contribution in [-0.4, -0.2) is 57.1 Å². The normalized spacial score (nSPS) is 15.9. The predicted octanol–water partition coefficient (Wildman–Crippen LogP) is 2.56. The smallest absolute Gasteiger partial charge is 0.264 e. The highest BCUT2D eigenvalue weighted by Crippen LogP contribution is 2.41. The quantitative estimate of drug-likeness (QED) is 0.295. The topological polar surface area (TPSA) is 110 Å². The number of rotatable bonds is 11. The van der Waals surface area contributed by atoms with Crippen LogP contribution in [0.3, 0.4) is 0 Å². The van der Waals surface area contributed by atoms with Crippen molar-refractivity contribution in [3.8, 4) is 11.5 Å². The minimum absolute atomic E-state index is 0.0107. The van der Waals surface area contributed by atoms with Crippen molar-refractivity contribution in [2.75, 3.05) is 24.4 Å². The number of anilines is 1. The molecule has 1 aliphatic heterocycles. The van der Waals surface area contributed by atoms with Crippen molar-refractivity contribution in [1.29, 1.82) is 0 Å². The number of hydrogen-bond donors (Lipinski definition) is 1. The van der Waals surface area contributed by atoms with E-state index in [4.69, 9.17) is 9.47 Å². The Kier molecular flexibility index (Phi) is 6.87. The second kappa shape index (κ2) is 9.84. The number of carbonyl (C=O) groups excluding carboxylic acids is 3. The number of carbonyl (C=O) groups is 3. The molecule has 2 aromatic rings. The lowest BCUT2D eigenvalue weighted by Crippen LogP contribution is -2.35. The van der Waals surface area contributed by atoms with E-state index < -0.39 is 28.6 Å². The number of nitrogens with zero attached hydrogens (tertiary/aromatic N) is 2. The van der Waals surface area contributed by atoms with Crippen LogP contribution in [0, 0.1) is 0 Å². The van der Waals surface area contributed by atoms with Gasteiger partial charge < -0.3 is 14.4 Å². The van der Waals surface area contributed by atoms with Gasteiger partial charge in [-0.05, 0) is 56.0 Å². The predicted molar refractivity (Wildman–Crippen MR) is 125 cm³/mol. The van der Waals surface area contributed by atoms with E-state index in [-0.39, 0.29) is 29.3 Å². The van der Waals surface area contributed by atoms with E-state index >= 15 is 0 Å². The molecule has 0 spiro atoms. The van der Waals surface area contributed by atoms with Gasteiger partial charge in [-0.25, -0.2) is 8.42 Å². The van der Waals surface area contributed by atoms with Gasteiger partial charge in [0.05, 0.1) is 36.6 Å². The Morgan fingerprint density at radius 3 is 2.53 bits per heavy atom. The zero-order valence-corrected chi connectivity index (χ0v) is 19.8. The van der Waals surface area contributed by atoms with Crippen LogP contribution in [0.5, 0.6) is 11.5 Å². The molecule has 0 bridgehead atoms. The molecular weight excluding hydrogens is 460 g/mol. The van der Waals surface area contributed by atoms with Crippen molar-refractivity contribution < 1.29 is 32.3 Å². The van der Waals surface area contributed by atoms with E-state index in [2.05, 4.69) is 0 Å². The first-order valence-corrected chi connectivity index (χ1v) is 12.4. The molecule has 0 saturated heterocycles. The molecule has 0 aromatic heterocycles. The van der Waals surface area contributed by atoms with Crippen LogP contribution < -0.4 is 14.4 Å². The van der Waals surface area contributed by atoms with Crippen molar-refractivity contribution >= 4 is 34.6 Å². The Labute approximate surface area is 199 Å². The number of imide groups is 1. The lowest BCUT2D eigenvalue weighted by molar-refractivity contribution is -0.107. The maximum atomic E-state index is 13.6. The summed E-state index contributed by atoms with van der Waals surface area (Å²) < 4.78 is 33.8. The minimum atomic E-state index is -2.73. The van der Waals surface area contributed by atoms with E-state index in [1.165, 1.54) is 12.0 Å². The lowest BCUT2D eigenvalue weighted by Gasteiger charge is -2.27. The van der Waals surface area contributed by atoms with Gasteiger partial charge in [0.1, 0.15) is 10.7 Å². The number of methoxy groups -OCH3 is 1. The highest BCUT2D eigenvalue weighted by molar-refractivity contribution is 7.72. The van der Waals surface area contributed by atoms with Crippen LogP contribution in [0.25, 0.3) is 0 Å². The van der Waals surface area contributed by atoms with Gasteiger partial charge in [-0.2, -0.15) is 0 Å². The molecule has 3 amide bonds. The van der Waals surface area contributed by atoms with Gasteiger partial charge in [0.15, 0.2) is 11.5 Å². The van der Waals surface area contributed by atoms with Crippen molar-refractivity contribution in [3.63, 3.8) is 0 Å². The molecule has 2 aliphatic rings. The summed E-state index contributed by atoms with van der Waals surface area (Å²) in [5, 5.41) is 0. The molecule has 1 saturated carbocycles. The Hall–Kier alpha value is -3.40. The summed E-state index contributed by atoms with van der Waals surface area (Å²) in [5.41, 5.74) is 1.31. The fourth-order valence-corrected chi connectivity index (χ4v) is 4.77. The van der Waals surface area contributed by atoms with Gasteiger partial charge in [0.2, 0.25) is 6.41 Å².